The van der Waals surface area contributed by atoms with E-state index in [9.17, 15) is 41.5 Å². The van der Waals surface area contributed by atoms with Gasteiger partial charge in [-0.05, 0) is 38.4 Å². The van der Waals surface area contributed by atoms with Crippen LogP contribution in [0.25, 0.3) is 0 Å². The number of carboxylic acids is 2. The van der Waals surface area contributed by atoms with E-state index in [0.717, 1.165) is 26.2 Å². The van der Waals surface area contributed by atoms with E-state index < -0.39 is 101 Å². The van der Waals surface area contributed by atoms with Crippen molar-refractivity contribution in [2.45, 2.75) is 37.1 Å². The van der Waals surface area contributed by atoms with Crippen LogP contribution in [0.3, 0.4) is 0 Å². The SMILES string of the molecule is CN[C@@H](CC(=O)O)C(=O)C(Oc1c(F)cccc1F)C(=O)C(Oc1c(F)cccc1F)C(=O)[C@H](CC(=O)O)NC. The van der Waals surface area contributed by atoms with Gasteiger partial charge in [-0.1, -0.05) is 12.1 Å². The van der Waals surface area contributed by atoms with Crippen molar-refractivity contribution in [3.63, 3.8) is 0 Å². The van der Waals surface area contributed by atoms with Crippen molar-refractivity contribution in [3.8, 4) is 11.5 Å². The highest BCUT2D eigenvalue weighted by atomic mass is 19.1. The van der Waals surface area contributed by atoms with E-state index in [0.29, 0.717) is 24.3 Å². The third-order valence-electron chi connectivity index (χ3n) is 5.48. The summed E-state index contributed by atoms with van der Waals surface area (Å²) in [5, 5.41) is 22.9. The fourth-order valence-corrected chi connectivity index (χ4v) is 3.48. The first-order valence-corrected chi connectivity index (χ1v) is 11.4. The van der Waals surface area contributed by atoms with Crippen LogP contribution in [-0.2, 0) is 24.0 Å². The molecule has 0 aliphatic rings. The number of nitrogens with one attached hydrogen (secondary N) is 2. The highest BCUT2D eigenvalue weighted by Crippen LogP contribution is 2.27. The first-order chi connectivity index (χ1) is 18.8. The third kappa shape index (κ3) is 7.83. The molecule has 40 heavy (non-hydrogen) atoms. The molecular formula is C25H24F4N2O9. The number of ketones is 3. The van der Waals surface area contributed by atoms with Crippen molar-refractivity contribution in [1.82, 2.24) is 10.6 Å². The minimum atomic E-state index is -2.67. The fraction of sp³-hybridized carbons (Fsp3) is 0.320. The molecule has 0 aliphatic heterocycles. The van der Waals surface area contributed by atoms with E-state index in [2.05, 4.69) is 10.6 Å². The number of rotatable bonds is 16. The third-order valence-corrected chi connectivity index (χ3v) is 5.48. The molecule has 2 rings (SSSR count). The normalized spacial score (nSPS) is 13.9. The predicted molar refractivity (Wildman–Crippen MR) is 127 cm³/mol. The van der Waals surface area contributed by atoms with Gasteiger partial charge in [0.25, 0.3) is 0 Å². The van der Waals surface area contributed by atoms with Crippen LogP contribution >= 0.6 is 0 Å². The van der Waals surface area contributed by atoms with Crippen LogP contribution in [-0.4, -0.2) is 77.9 Å². The molecule has 2 aromatic rings. The van der Waals surface area contributed by atoms with E-state index in [-0.39, 0.29) is 0 Å². The van der Waals surface area contributed by atoms with Crippen molar-refractivity contribution < 1.29 is 61.2 Å². The van der Waals surface area contributed by atoms with Crippen LogP contribution in [0.4, 0.5) is 17.6 Å². The Balaban J connectivity index is 2.70. The lowest BCUT2D eigenvalue weighted by Gasteiger charge is -2.27. The molecule has 0 bridgehead atoms. The average Bonchev–Trinajstić information content (AvgIpc) is 2.89. The Bertz CT molecular complexity index is 1150. The standard InChI is InChI=1S/C25H24F4N2O9/c1-30-15(9-17(32)33)19(36)24(39-22-11(26)5-3-6-12(22)27)21(38)25(20(37)16(31-2)10-18(34)35)40-23-13(28)7-4-8-14(23)29/h3-8,15-16,24-25,30-31H,9-10H2,1-2H3,(H,32,33)(H,34,35)/t15-,16-,24?,25?/m0/s1. The Hall–Kier alpha value is -4.37. The van der Waals surface area contributed by atoms with Gasteiger partial charge in [-0.15, -0.1) is 0 Å². The zero-order chi connectivity index (χ0) is 30.1. The summed E-state index contributed by atoms with van der Waals surface area (Å²) < 4.78 is 67.7. The second-order valence-corrected chi connectivity index (χ2v) is 8.18. The molecule has 0 aliphatic carbocycles. The van der Waals surface area contributed by atoms with Gasteiger partial charge in [0.2, 0.25) is 18.0 Å². The molecule has 0 amide bonds. The van der Waals surface area contributed by atoms with E-state index >= 15 is 0 Å². The molecule has 0 fully saturated rings. The summed E-state index contributed by atoms with van der Waals surface area (Å²) in [5.74, 6) is -15.8. The van der Waals surface area contributed by atoms with Gasteiger partial charge in [-0.2, -0.15) is 0 Å². The molecule has 4 N–H and O–H groups in total. The zero-order valence-corrected chi connectivity index (χ0v) is 21.0. The number of carbonyl (C=O) groups is 5. The highest BCUT2D eigenvalue weighted by Gasteiger charge is 2.45. The van der Waals surface area contributed by atoms with Gasteiger partial charge in [-0.25, -0.2) is 17.6 Å². The Kier molecular flexibility index (Phi) is 11.3. The van der Waals surface area contributed by atoms with Crippen LogP contribution in [0.15, 0.2) is 36.4 Å². The molecule has 0 aromatic heterocycles. The summed E-state index contributed by atoms with van der Waals surface area (Å²) in [6, 6.07) is 1.23. The largest absolute Gasteiger partial charge is 0.481 e. The monoisotopic (exact) mass is 572 g/mol. The lowest BCUT2D eigenvalue weighted by atomic mass is 9.93. The molecule has 15 heteroatoms. The van der Waals surface area contributed by atoms with Gasteiger partial charge < -0.3 is 30.3 Å². The predicted octanol–water partition coefficient (Wildman–Crippen LogP) is 1.27. The summed E-state index contributed by atoms with van der Waals surface area (Å²) in [6.07, 6.45) is -7.26. The number of carbonyl (C=O) groups excluding carboxylic acids is 3. The lowest BCUT2D eigenvalue weighted by Crippen LogP contribution is -2.56. The lowest BCUT2D eigenvalue weighted by molar-refractivity contribution is -0.150. The van der Waals surface area contributed by atoms with Crippen molar-refractivity contribution in [2.75, 3.05) is 14.1 Å². The molecule has 0 saturated carbocycles. The fourth-order valence-electron chi connectivity index (χ4n) is 3.48. The van der Waals surface area contributed by atoms with E-state index in [1.165, 1.54) is 0 Å². The number of para-hydroxylation sites is 2. The number of likely N-dealkylation sites (N-methyl/N-ethyl adjacent to an activating group) is 2. The summed E-state index contributed by atoms with van der Waals surface area (Å²) in [4.78, 5) is 62.7. The molecule has 0 radical (unpaired) electrons. The molecular weight excluding hydrogens is 548 g/mol. The molecule has 216 valence electrons. The first-order valence-electron chi connectivity index (χ1n) is 11.4. The molecule has 0 spiro atoms. The molecule has 2 aromatic carbocycles. The van der Waals surface area contributed by atoms with Gasteiger partial charge in [0.05, 0.1) is 24.9 Å². The summed E-state index contributed by atoms with van der Waals surface area (Å²) in [7, 11) is 2.24. The molecule has 0 heterocycles. The van der Waals surface area contributed by atoms with Crippen LogP contribution in [0, 0.1) is 23.3 Å². The van der Waals surface area contributed by atoms with Crippen molar-refractivity contribution in [3.05, 3.63) is 59.7 Å². The topological polar surface area (TPSA) is 168 Å². The second kappa shape index (κ2) is 14.1. The van der Waals surface area contributed by atoms with E-state index in [1.54, 1.807) is 0 Å². The summed E-state index contributed by atoms with van der Waals surface area (Å²) >= 11 is 0. The van der Waals surface area contributed by atoms with Gasteiger partial charge in [0, 0.05) is 0 Å². The van der Waals surface area contributed by atoms with Gasteiger partial charge in [0.1, 0.15) is 0 Å². The summed E-state index contributed by atoms with van der Waals surface area (Å²) in [5.41, 5.74) is 0. The van der Waals surface area contributed by atoms with E-state index in [1.807, 2.05) is 0 Å². The molecule has 4 atom stereocenters. The van der Waals surface area contributed by atoms with Crippen molar-refractivity contribution in [2.24, 2.45) is 0 Å². The van der Waals surface area contributed by atoms with Crippen molar-refractivity contribution in [1.29, 1.82) is 0 Å². The minimum Gasteiger partial charge on any atom is -0.481 e. The summed E-state index contributed by atoms with van der Waals surface area (Å²) in [6.45, 7) is 0. The average molecular weight is 572 g/mol. The Morgan fingerprint density at radius 3 is 1.20 bits per heavy atom. The number of hydrogen-bond acceptors (Lipinski definition) is 9. The Labute approximate surface area is 224 Å². The number of hydrogen-bond donors (Lipinski definition) is 4. The zero-order valence-electron chi connectivity index (χ0n) is 21.0. The number of carboxylic acid groups (broad SMARTS) is 2. The molecule has 0 saturated heterocycles. The molecule has 11 nitrogen and oxygen atoms in total. The number of Topliss-reactive ketones (excluding diaryl/α,β-unsaturated/α-hetero) is 3. The Morgan fingerprint density at radius 2 is 0.950 bits per heavy atom. The van der Waals surface area contributed by atoms with Gasteiger partial charge in [-0.3, -0.25) is 24.0 Å². The maximum Gasteiger partial charge on any atom is 0.305 e. The van der Waals surface area contributed by atoms with Gasteiger partial charge >= 0.3 is 11.9 Å². The van der Waals surface area contributed by atoms with Crippen molar-refractivity contribution >= 4 is 29.3 Å². The van der Waals surface area contributed by atoms with Gasteiger partial charge in [0.15, 0.2) is 46.3 Å². The van der Waals surface area contributed by atoms with Crippen LogP contribution in [0.5, 0.6) is 11.5 Å². The smallest absolute Gasteiger partial charge is 0.305 e. The first kappa shape index (κ1) is 31.8. The minimum absolute atomic E-state index is 0.703. The Morgan fingerprint density at radius 1 is 0.650 bits per heavy atom. The second-order valence-electron chi connectivity index (χ2n) is 8.18. The maximum absolute atomic E-state index is 14.4. The number of halogens is 4. The van der Waals surface area contributed by atoms with Crippen LogP contribution in [0.2, 0.25) is 0 Å². The quantitative estimate of drug-likeness (QED) is 0.169. The molecule has 2 unspecified atom stereocenters. The van der Waals surface area contributed by atoms with Crippen LogP contribution < -0.4 is 20.1 Å². The number of benzene rings is 2. The maximum atomic E-state index is 14.4. The van der Waals surface area contributed by atoms with E-state index in [4.69, 9.17) is 19.7 Å². The number of ether oxygens (including phenoxy) is 2. The highest BCUT2D eigenvalue weighted by molar-refractivity contribution is 6.18. The van der Waals surface area contributed by atoms with Crippen LogP contribution in [0.1, 0.15) is 12.8 Å². The number of aliphatic carboxylic acids is 2.